The molecule has 1 aliphatic rings. The molecule has 0 saturated carbocycles. The van der Waals surface area contributed by atoms with Crippen LogP contribution in [0, 0.1) is 6.92 Å². The second-order valence-corrected chi connectivity index (χ2v) is 10.7. The maximum Gasteiger partial charge on any atom is 0.0464 e. The van der Waals surface area contributed by atoms with Crippen LogP contribution in [0.2, 0.25) is 0 Å². The Hall–Kier alpha value is -4.62. The Balaban J connectivity index is 1.30. The highest BCUT2D eigenvalue weighted by atomic mass is 15.1. The van der Waals surface area contributed by atoms with Gasteiger partial charge < -0.3 is 4.90 Å². The average Bonchev–Trinajstić information content (AvgIpc) is 3.02. The Kier molecular flexibility index (Phi) is 7.73. The first kappa shape index (κ1) is 25.6. The number of anilines is 3. The van der Waals surface area contributed by atoms with Gasteiger partial charge in [0.2, 0.25) is 0 Å². The van der Waals surface area contributed by atoms with Crippen molar-refractivity contribution in [2.24, 2.45) is 0 Å². The van der Waals surface area contributed by atoms with Gasteiger partial charge in [0.1, 0.15) is 0 Å². The van der Waals surface area contributed by atoms with E-state index in [-0.39, 0.29) is 0 Å². The predicted molar refractivity (Wildman–Crippen MR) is 173 cm³/mol. The van der Waals surface area contributed by atoms with E-state index in [1.54, 1.807) is 0 Å². The summed E-state index contributed by atoms with van der Waals surface area (Å²) in [6.07, 6.45) is 13.6. The summed E-state index contributed by atoms with van der Waals surface area (Å²) in [7, 11) is 0. The molecule has 1 nitrogen and oxygen atoms in total. The first-order chi connectivity index (χ1) is 19.7. The van der Waals surface area contributed by atoms with Crippen LogP contribution in [0.4, 0.5) is 17.1 Å². The number of hydrogen-bond acceptors (Lipinski definition) is 1. The minimum Gasteiger partial charge on any atom is -0.310 e. The molecule has 0 unspecified atom stereocenters. The highest BCUT2D eigenvalue weighted by Crippen LogP contribution is 2.37. The van der Waals surface area contributed by atoms with Crippen molar-refractivity contribution in [1.82, 2.24) is 0 Å². The normalized spacial score (nSPS) is 13.0. The van der Waals surface area contributed by atoms with Crippen LogP contribution in [0.5, 0.6) is 0 Å². The lowest BCUT2D eigenvalue weighted by atomic mass is 9.91. The summed E-state index contributed by atoms with van der Waals surface area (Å²) in [5.74, 6) is 0. The van der Waals surface area contributed by atoms with Crippen molar-refractivity contribution in [3.8, 4) is 0 Å². The fraction of sp³-hybridized carbons (Fsp3) is 0.128. The monoisotopic (exact) mass is 517 g/mol. The van der Waals surface area contributed by atoms with Gasteiger partial charge >= 0.3 is 0 Å². The van der Waals surface area contributed by atoms with Gasteiger partial charge in [0.05, 0.1) is 0 Å². The number of hydrogen-bond donors (Lipinski definition) is 0. The lowest BCUT2D eigenvalue weighted by Crippen LogP contribution is -2.12. The quantitative estimate of drug-likeness (QED) is 0.194. The van der Waals surface area contributed by atoms with E-state index < -0.39 is 0 Å². The summed E-state index contributed by atoms with van der Waals surface area (Å²) in [5.41, 5.74) is 12.6. The summed E-state index contributed by atoms with van der Waals surface area (Å²) in [5, 5.41) is 0. The Morgan fingerprint density at radius 1 is 0.450 bits per heavy atom. The summed E-state index contributed by atoms with van der Waals surface area (Å²) < 4.78 is 0. The molecule has 0 atom stereocenters. The van der Waals surface area contributed by atoms with Gasteiger partial charge in [-0.2, -0.15) is 0 Å². The number of rotatable bonds is 7. The van der Waals surface area contributed by atoms with E-state index in [2.05, 4.69) is 151 Å². The van der Waals surface area contributed by atoms with E-state index in [0.717, 1.165) is 11.4 Å². The smallest absolute Gasteiger partial charge is 0.0464 e. The van der Waals surface area contributed by atoms with Crippen molar-refractivity contribution in [2.45, 2.75) is 32.6 Å². The summed E-state index contributed by atoms with van der Waals surface area (Å²) in [4.78, 5) is 2.38. The van der Waals surface area contributed by atoms with E-state index in [9.17, 15) is 0 Å². The van der Waals surface area contributed by atoms with Gasteiger partial charge in [-0.3, -0.25) is 0 Å². The highest BCUT2D eigenvalue weighted by Gasteiger charge is 2.16. The molecule has 40 heavy (non-hydrogen) atoms. The van der Waals surface area contributed by atoms with E-state index in [1.807, 2.05) is 6.07 Å². The van der Waals surface area contributed by atoms with Crippen molar-refractivity contribution in [3.63, 3.8) is 0 Å². The molecule has 5 aromatic carbocycles. The van der Waals surface area contributed by atoms with E-state index in [4.69, 9.17) is 0 Å². The largest absolute Gasteiger partial charge is 0.310 e. The molecule has 0 spiro atoms. The van der Waals surface area contributed by atoms with E-state index in [1.165, 1.54) is 70.3 Å². The van der Waals surface area contributed by atoms with Crippen LogP contribution in [0.3, 0.4) is 0 Å². The van der Waals surface area contributed by atoms with Crippen molar-refractivity contribution < 1.29 is 0 Å². The average molecular weight is 518 g/mol. The number of aryl methyl sites for hydroxylation is 3. The molecule has 6 rings (SSSR count). The summed E-state index contributed by atoms with van der Waals surface area (Å²) in [6.45, 7) is 2.12. The lowest BCUT2D eigenvalue weighted by Gasteiger charge is -2.27. The molecule has 1 heteroatoms. The molecule has 0 saturated heterocycles. The summed E-state index contributed by atoms with van der Waals surface area (Å²) in [6, 6.07) is 43.9. The van der Waals surface area contributed by atoms with Crippen LogP contribution in [0.1, 0.15) is 51.8 Å². The van der Waals surface area contributed by atoms with Crippen LogP contribution in [-0.4, -0.2) is 0 Å². The van der Waals surface area contributed by atoms with Gasteiger partial charge in [-0.15, -0.1) is 0 Å². The molecular formula is C39H35N. The minimum absolute atomic E-state index is 1.16. The first-order valence-electron chi connectivity index (χ1n) is 14.3. The molecule has 0 bridgehead atoms. The zero-order valence-corrected chi connectivity index (χ0v) is 23.1. The highest BCUT2D eigenvalue weighted by molar-refractivity contribution is 5.80. The molecule has 0 aromatic heterocycles. The number of nitrogens with zero attached hydrogens (tertiary/aromatic N) is 1. The Morgan fingerprint density at radius 3 is 1.45 bits per heavy atom. The fourth-order valence-electron chi connectivity index (χ4n) is 5.40. The minimum atomic E-state index is 1.16. The van der Waals surface area contributed by atoms with Crippen LogP contribution in [0.25, 0.3) is 24.3 Å². The van der Waals surface area contributed by atoms with Gasteiger partial charge in [-0.05, 0) is 102 Å². The standard InChI is InChI=1S/C39H35N/c1-30-11-13-32(14-12-30)17-18-34-21-26-38(27-22-34)40(39-28-23-35-9-5-6-10-36(35)29-39)37-24-19-33(20-25-37)16-15-31-7-3-2-4-8-31/h2-4,7-8,11-29H,5-6,9-10H2,1H3. The molecule has 0 N–H and O–H groups in total. The van der Waals surface area contributed by atoms with Crippen LogP contribution < -0.4 is 4.90 Å². The zero-order chi connectivity index (χ0) is 27.1. The van der Waals surface area contributed by atoms with Crippen LogP contribution in [0.15, 0.2) is 121 Å². The third-order valence-electron chi connectivity index (χ3n) is 7.71. The van der Waals surface area contributed by atoms with Crippen LogP contribution >= 0.6 is 0 Å². The van der Waals surface area contributed by atoms with Gasteiger partial charge in [-0.1, -0.05) is 115 Å². The van der Waals surface area contributed by atoms with Gasteiger partial charge in [0.15, 0.2) is 0 Å². The topological polar surface area (TPSA) is 3.24 Å². The maximum absolute atomic E-state index is 2.41. The molecule has 0 fully saturated rings. The van der Waals surface area contributed by atoms with E-state index in [0.29, 0.717) is 0 Å². The lowest BCUT2D eigenvalue weighted by molar-refractivity contribution is 0.685. The molecule has 0 heterocycles. The van der Waals surface area contributed by atoms with Crippen molar-refractivity contribution >= 4 is 41.4 Å². The molecule has 0 radical (unpaired) electrons. The van der Waals surface area contributed by atoms with Crippen molar-refractivity contribution in [3.05, 3.63) is 160 Å². The van der Waals surface area contributed by atoms with Crippen molar-refractivity contribution in [2.75, 3.05) is 4.90 Å². The molecule has 196 valence electrons. The molecule has 1 aliphatic carbocycles. The number of benzene rings is 5. The van der Waals surface area contributed by atoms with E-state index >= 15 is 0 Å². The molecule has 0 aliphatic heterocycles. The predicted octanol–water partition coefficient (Wildman–Crippen LogP) is 10.7. The summed E-state index contributed by atoms with van der Waals surface area (Å²) >= 11 is 0. The third kappa shape index (κ3) is 6.16. The SMILES string of the molecule is Cc1ccc(C=Cc2ccc(N(c3ccc(C=Cc4ccccc4)cc3)c3ccc4c(c3)CCCC4)cc2)cc1. The third-order valence-corrected chi connectivity index (χ3v) is 7.71. The maximum atomic E-state index is 2.41. The van der Waals surface area contributed by atoms with Gasteiger partial charge in [0.25, 0.3) is 0 Å². The van der Waals surface area contributed by atoms with Crippen molar-refractivity contribution in [1.29, 1.82) is 0 Å². The molecule has 0 amide bonds. The van der Waals surface area contributed by atoms with Gasteiger partial charge in [-0.25, -0.2) is 0 Å². The number of fused-ring (bicyclic) bond motifs is 1. The Bertz CT molecular complexity index is 1610. The fourth-order valence-corrected chi connectivity index (χ4v) is 5.40. The van der Waals surface area contributed by atoms with Crippen LogP contribution in [-0.2, 0) is 12.8 Å². The zero-order valence-electron chi connectivity index (χ0n) is 23.1. The Morgan fingerprint density at radius 2 is 0.900 bits per heavy atom. The second-order valence-electron chi connectivity index (χ2n) is 10.7. The van der Waals surface area contributed by atoms with Gasteiger partial charge in [0, 0.05) is 17.1 Å². The molecular weight excluding hydrogens is 482 g/mol. The first-order valence-corrected chi connectivity index (χ1v) is 14.3. The Labute approximate surface area is 238 Å². The second kappa shape index (κ2) is 12.1. The molecule has 5 aromatic rings.